The second kappa shape index (κ2) is 13.1. The molecule has 52 heavy (non-hydrogen) atoms. The minimum absolute atomic E-state index is 0.0947. The molecule has 3 N–H and O–H groups in total. The first-order chi connectivity index (χ1) is 24.5. The second-order valence-electron chi connectivity index (χ2n) is 19.3. The average Bonchev–Trinajstić information content (AvgIpc) is 3.51. The number of allylic oxidation sites excluding steroid dienone is 2. The lowest BCUT2D eigenvalue weighted by Gasteiger charge is -2.71. The normalized spacial score (nSPS) is 40.0. The topological polar surface area (TPSA) is 119 Å². The average molecular weight is 718 g/mol. The van der Waals surface area contributed by atoms with Gasteiger partial charge < -0.3 is 30.1 Å². The SMILES string of the molecule is CC1C(c2ccc(C(=O)O)cc2)=CCC2(C)C1CCC1(C)C2CCC2C3CCCC3(NC(=O)N3CCN(C(=O)OC(C)(C)C)CC3CO)CC[C@]21C. The summed E-state index contributed by atoms with van der Waals surface area (Å²) in [6.45, 7) is 16.6. The Labute approximate surface area is 310 Å². The van der Waals surface area contributed by atoms with Crippen LogP contribution in [0.15, 0.2) is 30.3 Å². The van der Waals surface area contributed by atoms with Crippen molar-refractivity contribution in [2.75, 3.05) is 26.2 Å². The van der Waals surface area contributed by atoms with Crippen LogP contribution in [-0.4, -0.2) is 81.5 Å². The number of benzene rings is 1. The maximum Gasteiger partial charge on any atom is 0.410 e. The number of amides is 3. The highest BCUT2D eigenvalue weighted by molar-refractivity contribution is 5.88. The fourth-order valence-electron chi connectivity index (χ4n) is 13.3. The molecular formula is C43H63N3O6. The Morgan fingerprint density at radius 1 is 0.904 bits per heavy atom. The van der Waals surface area contributed by atoms with Crippen molar-refractivity contribution < 1.29 is 29.3 Å². The van der Waals surface area contributed by atoms with Gasteiger partial charge in [0.15, 0.2) is 0 Å². The largest absolute Gasteiger partial charge is 0.478 e. The first-order valence-electron chi connectivity index (χ1n) is 20.2. The molecule has 1 saturated heterocycles. The van der Waals surface area contributed by atoms with E-state index in [4.69, 9.17) is 4.74 Å². The third-order valence-electron chi connectivity index (χ3n) is 16.0. The molecule has 9 nitrogen and oxygen atoms in total. The van der Waals surface area contributed by atoms with E-state index in [0.717, 1.165) is 44.1 Å². The maximum atomic E-state index is 14.2. The van der Waals surface area contributed by atoms with Crippen LogP contribution in [0.3, 0.4) is 0 Å². The van der Waals surface area contributed by atoms with Crippen molar-refractivity contribution in [1.29, 1.82) is 0 Å². The number of nitrogens with zero attached hydrogens (tertiary/aromatic N) is 2. The molecule has 9 unspecified atom stereocenters. The molecule has 1 heterocycles. The predicted octanol–water partition coefficient (Wildman–Crippen LogP) is 8.22. The number of nitrogens with one attached hydrogen (secondary N) is 1. The van der Waals surface area contributed by atoms with Gasteiger partial charge in [-0.25, -0.2) is 14.4 Å². The smallest absolute Gasteiger partial charge is 0.410 e. The lowest BCUT2D eigenvalue weighted by Crippen LogP contribution is -2.69. The van der Waals surface area contributed by atoms with Crippen molar-refractivity contribution in [2.45, 2.75) is 130 Å². The van der Waals surface area contributed by atoms with Gasteiger partial charge in [0.05, 0.1) is 18.2 Å². The van der Waals surface area contributed by atoms with Crippen LogP contribution in [0.5, 0.6) is 0 Å². The standard InChI is InChI=1S/C43H63N3O6/c1-27-31(28-10-12-29(13-11-28)36(48)49)16-19-40(5)32(27)17-20-42(7)35(40)15-14-33-34-9-8-18-43(34,22-21-41(33,42)6)44-37(50)46-24-23-45(25-30(46)26-47)38(51)52-39(2,3)4/h10-13,16,27,30,32-35,47H,8-9,14-15,17-26H2,1-7H3,(H,44,50)(H,48,49)/t27?,30?,32?,33?,34?,35?,40?,41-,42?,43?/m1/s1. The van der Waals surface area contributed by atoms with Crippen LogP contribution in [-0.2, 0) is 4.74 Å². The summed E-state index contributed by atoms with van der Waals surface area (Å²) in [5, 5.41) is 23.4. The van der Waals surface area contributed by atoms with Crippen LogP contribution in [0, 0.1) is 45.8 Å². The lowest BCUT2D eigenvalue weighted by molar-refractivity contribution is -0.210. The van der Waals surface area contributed by atoms with E-state index in [9.17, 15) is 24.6 Å². The van der Waals surface area contributed by atoms with Gasteiger partial charge in [0.2, 0.25) is 0 Å². The van der Waals surface area contributed by atoms with Gasteiger partial charge in [0.1, 0.15) is 5.60 Å². The van der Waals surface area contributed by atoms with E-state index in [1.807, 2.05) is 32.9 Å². The van der Waals surface area contributed by atoms with E-state index in [1.54, 1.807) is 21.9 Å². The highest BCUT2D eigenvalue weighted by atomic mass is 16.6. The number of aliphatic hydroxyl groups excluding tert-OH is 1. The van der Waals surface area contributed by atoms with Crippen LogP contribution >= 0.6 is 0 Å². The van der Waals surface area contributed by atoms with E-state index < -0.39 is 23.7 Å². The Kier molecular flexibility index (Phi) is 9.35. The van der Waals surface area contributed by atoms with Crippen molar-refractivity contribution >= 4 is 23.7 Å². The molecule has 6 aliphatic rings. The van der Waals surface area contributed by atoms with Crippen LogP contribution < -0.4 is 5.32 Å². The number of rotatable bonds is 4. The van der Waals surface area contributed by atoms with E-state index >= 15 is 0 Å². The molecule has 3 amide bonds. The monoisotopic (exact) mass is 717 g/mol. The zero-order valence-corrected chi connectivity index (χ0v) is 32.7. The molecule has 4 saturated carbocycles. The minimum Gasteiger partial charge on any atom is -0.478 e. The number of aliphatic hydroxyl groups is 1. The van der Waals surface area contributed by atoms with E-state index in [2.05, 4.69) is 39.1 Å². The quantitative estimate of drug-likeness (QED) is 0.289. The number of ether oxygens (including phenoxy) is 1. The van der Waals surface area contributed by atoms with Crippen LogP contribution in [0.25, 0.3) is 5.57 Å². The zero-order chi connectivity index (χ0) is 37.4. The third-order valence-corrected chi connectivity index (χ3v) is 16.0. The Balaban J connectivity index is 1.08. The second-order valence-corrected chi connectivity index (χ2v) is 19.3. The molecular weight excluding hydrogens is 654 g/mol. The summed E-state index contributed by atoms with van der Waals surface area (Å²) in [6, 6.07) is 6.92. The van der Waals surface area contributed by atoms with Gasteiger partial charge in [-0.3, -0.25) is 0 Å². The van der Waals surface area contributed by atoms with Crippen molar-refractivity contribution in [3.05, 3.63) is 41.5 Å². The summed E-state index contributed by atoms with van der Waals surface area (Å²) < 4.78 is 5.59. The number of carbonyl (C=O) groups excluding carboxylic acids is 2. The number of carbonyl (C=O) groups is 3. The number of carboxylic acid groups (broad SMARTS) is 1. The number of urea groups is 1. The van der Waals surface area contributed by atoms with Gasteiger partial charge in [-0.05, 0) is 148 Å². The van der Waals surface area contributed by atoms with Crippen LogP contribution in [0.1, 0.15) is 129 Å². The molecule has 5 fully saturated rings. The molecule has 0 radical (unpaired) electrons. The number of aromatic carboxylic acids is 1. The fraction of sp³-hybridized carbons (Fsp3) is 0.744. The van der Waals surface area contributed by atoms with E-state index in [0.29, 0.717) is 48.2 Å². The first-order valence-corrected chi connectivity index (χ1v) is 20.2. The summed E-state index contributed by atoms with van der Waals surface area (Å²) in [6.07, 6.45) is 13.4. The molecule has 0 spiro atoms. The molecule has 286 valence electrons. The van der Waals surface area contributed by atoms with Gasteiger partial charge in [0.25, 0.3) is 0 Å². The summed E-state index contributed by atoms with van der Waals surface area (Å²) in [5.41, 5.74) is 2.67. The molecule has 7 rings (SSSR count). The number of piperazine rings is 1. The summed E-state index contributed by atoms with van der Waals surface area (Å²) in [4.78, 5) is 41.8. The van der Waals surface area contributed by atoms with Gasteiger partial charge in [-0.15, -0.1) is 0 Å². The molecule has 1 aliphatic heterocycles. The Bertz CT molecular complexity index is 1600. The fourth-order valence-corrected chi connectivity index (χ4v) is 13.3. The Morgan fingerprint density at radius 2 is 1.63 bits per heavy atom. The number of carboxylic acids is 1. The first kappa shape index (κ1) is 37.3. The number of hydrogen-bond donors (Lipinski definition) is 3. The molecule has 10 atom stereocenters. The van der Waals surface area contributed by atoms with Crippen molar-refractivity contribution in [3.8, 4) is 0 Å². The van der Waals surface area contributed by atoms with Crippen molar-refractivity contribution in [1.82, 2.24) is 15.1 Å². The zero-order valence-electron chi connectivity index (χ0n) is 32.7. The predicted molar refractivity (Wildman–Crippen MR) is 202 cm³/mol. The van der Waals surface area contributed by atoms with Gasteiger partial charge >= 0.3 is 18.1 Å². The van der Waals surface area contributed by atoms with Crippen molar-refractivity contribution in [2.24, 2.45) is 45.8 Å². The molecule has 0 aromatic heterocycles. The van der Waals surface area contributed by atoms with Crippen LogP contribution in [0.2, 0.25) is 0 Å². The van der Waals surface area contributed by atoms with E-state index in [1.165, 1.54) is 31.3 Å². The third kappa shape index (κ3) is 5.86. The highest BCUT2D eigenvalue weighted by Gasteiger charge is 2.69. The Morgan fingerprint density at radius 3 is 2.31 bits per heavy atom. The van der Waals surface area contributed by atoms with Gasteiger partial charge in [-0.1, -0.05) is 52.3 Å². The molecule has 1 aromatic rings. The van der Waals surface area contributed by atoms with Crippen LogP contribution in [0.4, 0.5) is 9.59 Å². The van der Waals surface area contributed by atoms with E-state index in [-0.39, 0.29) is 41.0 Å². The molecule has 0 bridgehead atoms. The van der Waals surface area contributed by atoms with Gasteiger partial charge in [0, 0.05) is 25.2 Å². The van der Waals surface area contributed by atoms with Gasteiger partial charge in [-0.2, -0.15) is 0 Å². The number of fused-ring (bicyclic) bond motifs is 7. The number of hydrogen-bond acceptors (Lipinski definition) is 5. The summed E-state index contributed by atoms with van der Waals surface area (Å²) in [7, 11) is 0. The molecule has 9 heteroatoms. The summed E-state index contributed by atoms with van der Waals surface area (Å²) >= 11 is 0. The molecule has 1 aromatic carbocycles. The van der Waals surface area contributed by atoms with Crippen molar-refractivity contribution in [3.63, 3.8) is 0 Å². The summed E-state index contributed by atoms with van der Waals surface area (Å²) in [5.74, 6) is 1.76. The maximum absolute atomic E-state index is 14.2. The highest BCUT2D eigenvalue weighted by Crippen LogP contribution is 2.75. The minimum atomic E-state index is -0.883. The molecule has 5 aliphatic carbocycles. The Hall–Kier alpha value is -3.07. The lowest BCUT2D eigenvalue weighted by atomic mass is 9.34.